The lowest BCUT2D eigenvalue weighted by molar-refractivity contribution is 0.0941. The van der Waals surface area contributed by atoms with Crippen molar-refractivity contribution in [3.8, 4) is 11.3 Å². The van der Waals surface area contributed by atoms with E-state index in [2.05, 4.69) is 25.9 Å². The summed E-state index contributed by atoms with van der Waals surface area (Å²) in [5.74, 6) is -0.807. The van der Waals surface area contributed by atoms with Crippen molar-refractivity contribution in [1.82, 2.24) is 20.3 Å². The molecule has 7 nitrogen and oxygen atoms in total. The fraction of sp³-hybridized carbons (Fsp3) is 0.222. The quantitative estimate of drug-likeness (QED) is 0.256. The number of hydrogen-bond donors (Lipinski definition) is 4. The van der Waals surface area contributed by atoms with Crippen molar-refractivity contribution in [3.05, 3.63) is 77.4 Å². The highest BCUT2D eigenvalue weighted by Gasteiger charge is 2.33. The van der Waals surface area contributed by atoms with Crippen LogP contribution in [0.15, 0.2) is 54.7 Å². The van der Waals surface area contributed by atoms with E-state index < -0.39 is 17.8 Å². The first-order valence-corrected chi connectivity index (χ1v) is 12.0. The van der Waals surface area contributed by atoms with E-state index >= 15 is 0 Å². The van der Waals surface area contributed by atoms with Crippen LogP contribution in [0.4, 0.5) is 30.4 Å². The smallest absolute Gasteiger partial charge is 0.268 e. The number of amides is 1. The van der Waals surface area contributed by atoms with Crippen molar-refractivity contribution < 1.29 is 18.0 Å². The fourth-order valence-corrected chi connectivity index (χ4v) is 5.03. The molecular weight excluding hydrogens is 481 g/mol. The van der Waals surface area contributed by atoms with Gasteiger partial charge in [0.2, 0.25) is 0 Å². The van der Waals surface area contributed by atoms with Crippen LogP contribution in [-0.4, -0.2) is 33.4 Å². The molecule has 0 saturated heterocycles. The number of alkyl halides is 2. The lowest BCUT2D eigenvalue weighted by Gasteiger charge is -2.23. The molecule has 4 N–H and O–H groups in total. The van der Waals surface area contributed by atoms with Crippen molar-refractivity contribution >= 4 is 34.1 Å². The Morgan fingerprint density at radius 1 is 1.16 bits per heavy atom. The number of H-pyrrole nitrogens is 1. The Labute approximate surface area is 210 Å². The molecule has 0 fully saturated rings. The Hall–Kier alpha value is -4.34. The maximum atomic E-state index is 14.4. The van der Waals surface area contributed by atoms with Gasteiger partial charge in [-0.3, -0.25) is 9.78 Å². The van der Waals surface area contributed by atoms with Crippen molar-refractivity contribution in [2.45, 2.75) is 31.7 Å². The van der Waals surface area contributed by atoms with E-state index in [4.69, 9.17) is 4.98 Å². The molecule has 1 amide bonds. The largest absolute Gasteiger partial charge is 0.364 e. The average molecular weight is 505 g/mol. The minimum Gasteiger partial charge on any atom is -0.364 e. The number of hydrogen-bond acceptors (Lipinski definition) is 5. The molecule has 4 aromatic rings. The number of benzene rings is 1. The maximum absolute atomic E-state index is 14.4. The number of aromatic nitrogens is 3. The molecule has 10 heteroatoms. The van der Waals surface area contributed by atoms with Gasteiger partial charge in [0.25, 0.3) is 12.3 Å². The van der Waals surface area contributed by atoms with Gasteiger partial charge in [-0.1, -0.05) is 18.2 Å². The van der Waals surface area contributed by atoms with Crippen LogP contribution in [0.2, 0.25) is 0 Å². The maximum Gasteiger partial charge on any atom is 0.268 e. The Balaban J connectivity index is 1.64. The third-order valence-electron chi connectivity index (χ3n) is 6.78. The molecule has 4 bridgehead atoms. The van der Waals surface area contributed by atoms with Crippen LogP contribution >= 0.6 is 0 Å². The standard InChI is InChI=1S/C27H23F3N6O/c1-13-4-2-5-14-12-32-27(37)21-22(14)36-24(15-10-11-31-18-8-9-19(33-13)35-23(15)18)25(21)34-17-7-3-6-16(28)20(17)26(29)30/h2-4,6-11,13-14,26,34,36H,5,12H2,1H3,(H,32,37)(H,33,35)/b4-2-/t13-,14-/m1/s1. The topological polar surface area (TPSA) is 94.7 Å². The molecule has 37 heavy (non-hydrogen) atoms. The molecule has 6 rings (SSSR count). The number of rotatable bonds is 3. The number of pyridine rings is 2. The van der Waals surface area contributed by atoms with Gasteiger partial charge in [0.05, 0.1) is 33.7 Å². The molecule has 3 aromatic heterocycles. The third-order valence-corrected chi connectivity index (χ3v) is 6.78. The summed E-state index contributed by atoms with van der Waals surface area (Å²) in [7, 11) is 0. The van der Waals surface area contributed by atoms with Crippen molar-refractivity contribution in [1.29, 1.82) is 0 Å². The summed E-state index contributed by atoms with van der Waals surface area (Å²) in [5, 5.41) is 9.26. The van der Waals surface area contributed by atoms with E-state index in [-0.39, 0.29) is 29.2 Å². The Kier molecular flexibility index (Phi) is 5.58. The van der Waals surface area contributed by atoms with Gasteiger partial charge in [-0.2, -0.15) is 0 Å². The zero-order valence-corrected chi connectivity index (χ0v) is 19.8. The zero-order valence-electron chi connectivity index (χ0n) is 19.8. The summed E-state index contributed by atoms with van der Waals surface area (Å²) >= 11 is 0. The van der Waals surface area contributed by atoms with Crippen LogP contribution in [0.3, 0.4) is 0 Å². The number of nitrogens with one attached hydrogen (secondary N) is 4. The predicted octanol–water partition coefficient (Wildman–Crippen LogP) is 6.03. The highest BCUT2D eigenvalue weighted by atomic mass is 19.3. The van der Waals surface area contributed by atoms with Crippen molar-refractivity contribution in [2.24, 2.45) is 0 Å². The molecule has 0 aliphatic carbocycles. The number of anilines is 3. The zero-order chi connectivity index (χ0) is 25.7. The molecule has 2 aliphatic heterocycles. The van der Waals surface area contributed by atoms with E-state index in [1.54, 1.807) is 12.3 Å². The molecule has 188 valence electrons. The second-order valence-corrected chi connectivity index (χ2v) is 9.22. The van der Waals surface area contributed by atoms with Crippen LogP contribution in [-0.2, 0) is 0 Å². The average Bonchev–Trinajstić information content (AvgIpc) is 3.24. The van der Waals surface area contributed by atoms with Gasteiger partial charge in [-0.15, -0.1) is 0 Å². The summed E-state index contributed by atoms with van der Waals surface area (Å²) < 4.78 is 42.1. The van der Waals surface area contributed by atoms with E-state index in [1.165, 1.54) is 12.1 Å². The van der Waals surface area contributed by atoms with Crippen molar-refractivity contribution in [2.75, 3.05) is 17.2 Å². The van der Waals surface area contributed by atoms with Crippen LogP contribution in [0.25, 0.3) is 22.3 Å². The van der Waals surface area contributed by atoms with Crippen LogP contribution in [0.5, 0.6) is 0 Å². The van der Waals surface area contributed by atoms with E-state index in [1.807, 2.05) is 31.2 Å². The summed E-state index contributed by atoms with van der Waals surface area (Å²) in [6.07, 6.45) is 3.30. The molecule has 0 radical (unpaired) electrons. The number of fused-ring (bicyclic) bond motifs is 3. The van der Waals surface area contributed by atoms with Crippen LogP contribution in [0, 0.1) is 5.82 Å². The number of carbonyl (C=O) groups is 1. The normalized spacial score (nSPS) is 19.5. The molecular formula is C27H23F3N6O. The Morgan fingerprint density at radius 3 is 2.86 bits per heavy atom. The minimum absolute atomic E-state index is 0.0137. The number of carbonyl (C=O) groups excluding carboxylic acids is 1. The van der Waals surface area contributed by atoms with E-state index in [0.29, 0.717) is 52.3 Å². The molecule has 2 atom stereocenters. The number of aromatic amines is 1. The van der Waals surface area contributed by atoms with Gasteiger partial charge in [-0.25, -0.2) is 18.2 Å². The lowest BCUT2D eigenvalue weighted by Crippen LogP contribution is -2.35. The highest BCUT2D eigenvalue weighted by molar-refractivity contribution is 6.08. The monoisotopic (exact) mass is 504 g/mol. The molecule has 2 aliphatic rings. The lowest BCUT2D eigenvalue weighted by atomic mass is 9.93. The van der Waals surface area contributed by atoms with Gasteiger partial charge in [0.1, 0.15) is 17.2 Å². The van der Waals surface area contributed by atoms with Gasteiger partial charge in [0.15, 0.2) is 0 Å². The second-order valence-electron chi connectivity index (χ2n) is 9.22. The van der Waals surface area contributed by atoms with E-state index in [9.17, 15) is 18.0 Å². The Morgan fingerprint density at radius 2 is 2.03 bits per heavy atom. The number of allylic oxidation sites excluding steroid dienone is 1. The molecule has 0 unspecified atom stereocenters. The SMILES string of the molecule is C[C@@H]1/C=C\C[C@@H]2CNC(=O)c3c2[nH]c(c3Nc2cccc(F)c2C(F)F)-c2ccnc3ccc(nc23)N1. The predicted molar refractivity (Wildman–Crippen MR) is 136 cm³/mol. The molecule has 1 aromatic carbocycles. The molecule has 0 spiro atoms. The minimum atomic E-state index is -3.05. The Bertz CT molecular complexity index is 1560. The van der Waals surface area contributed by atoms with E-state index in [0.717, 1.165) is 6.07 Å². The number of nitrogens with zero attached hydrogens (tertiary/aromatic N) is 2. The fourth-order valence-electron chi connectivity index (χ4n) is 5.03. The first-order chi connectivity index (χ1) is 17.9. The first-order valence-electron chi connectivity index (χ1n) is 12.0. The van der Waals surface area contributed by atoms with Crippen LogP contribution < -0.4 is 16.0 Å². The summed E-state index contributed by atoms with van der Waals surface area (Å²) in [6.45, 7) is 2.44. The molecule has 0 saturated carbocycles. The summed E-state index contributed by atoms with van der Waals surface area (Å²) in [6, 6.07) is 9.18. The van der Waals surface area contributed by atoms with Gasteiger partial charge in [-0.05, 0) is 43.7 Å². The van der Waals surface area contributed by atoms with Crippen molar-refractivity contribution in [3.63, 3.8) is 0 Å². The summed E-state index contributed by atoms with van der Waals surface area (Å²) in [5.41, 5.74) is 2.72. The van der Waals surface area contributed by atoms with Crippen LogP contribution in [0.1, 0.15) is 47.3 Å². The van der Waals surface area contributed by atoms with Gasteiger partial charge in [0, 0.05) is 36.0 Å². The highest BCUT2D eigenvalue weighted by Crippen LogP contribution is 2.43. The van der Waals surface area contributed by atoms with Gasteiger partial charge >= 0.3 is 0 Å². The number of halogens is 3. The first kappa shape index (κ1) is 23.1. The molecule has 5 heterocycles. The second kappa shape index (κ2) is 8.95. The summed E-state index contributed by atoms with van der Waals surface area (Å²) in [4.78, 5) is 25.8. The third kappa shape index (κ3) is 3.98. The van der Waals surface area contributed by atoms with Gasteiger partial charge < -0.3 is 20.9 Å².